The Morgan fingerprint density at radius 1 is 1.12 bits per heavy atom. The zero-order valence-electron chi connectivity index (χ0n) is 12.5. The van der Waals surface area contributed by atoms with E-state index in [9.17, 15) is 29.6 Å². The summed E-state index contributed by atoms with van der Waals surface area (Å²) in [6.07, 6.45) is 2.63. The summed E-state index contributed by atoms with van der Waals surface area (Å²) in [6.45, 7) is 0. The van der Waals surface area contributed by atoms with Crippen LogP contribution in [0.25, 0.3) is 0 Å². The first-order valence-corrected chi connectivity index (χ1v) is 7.77. The maximum Gasteiger partial charge on any atom is 0.271 e. The third-order valence-electron chi connectivity index (χ3n) is 5.58. The number of hydrogen-bond donors (Lipinski definition) is 0. The topological polar surface area (TPSA) is 121 Å². The molecule has 1 saturated heterocycles. The molecule has 2 bridgehead atoms. The lowest BCUT2D eigenvalue weighted by Gasteiger charge is -2.20. The van der Waals surface area contributed by atoms with Crippen LogP contribution in [-0.2, 0) is 9.59 Å². The SMILES string of the molecule is O=C([O-])c1ccc([N+](=O)[O-])cc1N1C(=O)[C@@H]2[C@H]3CC[C@@H](C3)[C@@H]2C1=O. The number of carboxylic acid groups (broad SMARTS) is 1. The minimum atomic E-state index is -1.58. The van der Waals surface area contributed by atoms with Gasteiger partial charge in [0.05, 0.1) is 28.4 Å². The lowest BCUT2D eigenvalue weighted by atomic mass is 9.81. The number of aromatic carboxylic acids is 1. The fourth-order valence-corrected chi connectivity index (χ4v) is 4.64. The molecule has 3 fully saturated rings. The molecule has 1 aromatic rings. The highest BCUT2D eigenvalue weighted by Crippen LogP contribution is 2.56. The Morgan fingerprint density at radius 2 is 1.71 bits per heavy atom. The molecule has 8 heteroatoms. The second-order valence-corrected chi connectivity index (χ2v) is 6.64. The highest BCUT2D eigenvalue weighted by atomic mass is 16.6. The molecule has 0 N–H and O–H groups in total. The Kier molecular flexibility index (Phi) is 3.00. The van der Waals surface area contributed by atoms with Crippen molar-refractivity contribution in [1.29, 1.82) is 0 Å². The summed E-state index contributed by atoms with van der Waals surface area (Å²) in [5.74, 6) is -3.03. The number of benzene rings is 1. The van der Waals surface area contributed by atoms with Crippen LogP contribution in [0.5, 0.6) is 0 Å². The van der Waals surface area contributed by atoms with Crippen LogP contribution >= 0.6 is 0 Å². The number of carbonyl (C=O) groups excluding carboxylic acids is 3. The average Bonchev–Trinajstić information content (AvgIpc) is 3.20. The molecule has 4 atom stereocenters. The molecule has 0 spiro atoms. The minimum absolute atomic E-state index is 0.145. The predicted molar refractivity (Wildman–Crippen MR) is 77.7 cm³/mol. The summed E-state index contributed by atoms with van der Waals surface area (Å²) in [5.41, 5.74) is -1.03. The normalized spacial score (nSPS) is 30.8. The van der Waals surface area contributed by atoms with Crippen LogP contribution in [0.1, 0.15) is 29.6 Å². The third kappa shape index (κ3) is 1.82. The Labute approximate surface area is 136 Å². The van der Waals surface area contributed by atoms with Gasteiger partial charge < -0.3 is 9.90 Å². The van der Waals surface area contributed by atoms with Crippen molar-refractivity contribution in [2.75, 3.05) is 4.90 Å². The number of carbonyl (C=O) groups is 3. The summed E-state index contributed by atoms with van der Waals surface area (Å²) in [4.78, 5) is 48.0. The Bertz CT molecular complexity index is 776. The summed E-state index contributed by atoms with van der Waals surface area (Å²) in [5, 5.41) is 22.3. The number of non-ortho nitro benzene ring substituents is 1. The summed E-state index contributed by atoms with van der Waals surface area (Å²) in [6, 6.07) is 2.99. The molecule has 0 radical (unpaired) electrons. The van der Waals surface area contributed by atoms with Crippen LogP contribution in [0.4, 0.5) is 11.4 Å². The minimum Gasteiger partial charge on any atom is -0.545 e. The van der Waals surface area contributed by atoms with Gasteiger partial charge in [0, 0.05) is 17.7 Å². The monoisotopic (exact) mass is 329 g/mol. The van der Waals surface area contributed by atoms with Crippen molar-refractivity contribution in [2.24, 2.45) is 23.7 Å². The molecule has 24 heavy (non-hydrogen) atoms. The van der Waals surface area contributed by atoms with Gasteiger partial charge in [-0.25, -0.2) is 4.90 Å². The fourth-order valence-electron chi connectivity index (χ4n) is 4.64. The van der Waals surface area contributed by atoms with Crippen molar-refractivity contribution in [3.05, 3.63) is 33.9 Å². The molecule has 1 aromatic carbocycles. The molecule has 2 amide bonds. The fraction of sp³-hybridized carbons (Fsp3) is 0.438. The maximum atomic E-state index is 12.8. The highest BCUT2D eigenvalue weighted by molar-refractivity contribution is 6.24. The molecule has 0 unspecified atom stereocenters. The van der Waals surface area contributed by atoms with E-state index in [1.165, 1.54) is 0 Å². The molecular formula is C16H13N2O6-. The number of nitro benzene ring substituents is 1. The first-order valence-electron chi connectivity index (χ1n) is 7.77. The number of carboxylic acids is 1. The van der Waals surface area contributed by atoms with E-state index < -0.39 is 40.1 Å². The largest absolute Gasteiger partial charge is 0.545 e. The number of amides is 2. The Hall–Kier alpha value is -2.77. The molecule has 3 aliphatic rings. The number of hydrogen-bond acceptors (Lipinski definition) is 6. The molecular weight excluding hydrogens is 316 g/mol. The molecule has 8 nitrogen and oxygen atoms in total. The van der Waals surface area contributed by atoms with Gasteiger partial charge >= 0.3 is 0 Å². The van der Waals surface area contributed by atoms with Gasteiger partial charge in [0.2, 0.25) is 11.8 Å². The van der Waals surface area contributed by atoms with Gasteiger partial charge in [-0.15, -0.1) is 0 Å². The van der Waals surface area contributed by atoms with Crippen molar-refractivity contribution in [3.8, 4) is 0 Å². The van der Waals surface area contributed by atoms with E-state index in [1.54, 1.807) is 0 Å². The predicted octanol–water partition coefficient (Wildman–Crippen LogP) is 0.494. The number of nitrogens with zero attached hydrogens (tertiary/aromatic N) is 2. The van der Waals surface area contributed by atoms with Crippen LogP contribution in [0.3, 0.4) is 0 Å². The van der Waals surface area contributed by atoms with Crippen LogP contribution in [0.2, 0.25) is 0 Å². The molecule has 1 aliphatic heterocycles. The van der Waals surface area contributed by atoms with Gasteiger partial charge in [0.15, 0.2) is 0 Å². The first kappa shape index (κ1) is 14.8. The van der Waals surface area contributed by atoms with Crippen molar-refractivity contribution in [3.63, 3.8) is 0 Å². The number of rotatable bonds is 3. The molecule has 124 valence electrons. The van der Waals surface area contributed by atoms with E-state index in [2.05, 4.69) is 0 Å². The van der Waals surface area contributed by atoms with Gasteiger partial charge in [-0.2, -0.15) is 0 Å². The summed E-state index contributed by atoms with van der Waals surface area (Å²) >= 11 is 0. The van der Waals surface area contributed by atoms with Gasteiger partial charge in [0.1, 0.15) is 0 Å². The summed E-state index contributed by atoms with van der Waals surface area (Å²) < 4.78 is 0. The quantitative estimate of drug-likeness (QED) is 0.452. The van der Waals surface area contributed by atoms with Gasteiger partial charge in [0.25, 0.3) is 5.69 Å². The molecule has 1 heterocycles. The van der Waals surface area contributed by atoms with E-state index in [0.717, 1.165) is 42.4 Å². The average molecular weight is 329 g/mol. The van der Waals surface area contributed by atoms with E-state index in [-0.39, 0.29) is 23.2 Å². The standard InChI is InChI=1S/C16H14N2O6/c19-14-12-7-1-2-8(5-7)13(12)15(20)17(14)11-6-9(18(23)24)3-4-10(11)16(21)22/h3-4,6-8,12-13H,1-2,5H2,(H,21,22)/p-1/t7-,8-,12-,13+/m0/s1. The van der Waals surface area contributed by atoms with Crippen molar-refractivity contribution in [1.82, 2.24) is 0 Å². The van der Waals surface area contributed by atoms with Gasteiger partial charge in [-0.05, 0) is 37.2 Å². The van der Waals surface area contributed by atoms with E-state index in [4.69, 9.17) is 0 Å². The van der Waals surface area contributed by atoms with Crippen molar-refractivity contribution >= 4 is 29.2 Å². The second-order valence-electron chi connectivity index (χ2n) is 6.64. The Morgan fingerprint density at radius 3 is 2.21 bits per heavy atom. The molecule has 4 rings (SSSR count). The number of fused-ring (bicyclic) bond motifs is 5. The Balaban J connectivity index is 1.82. The highest BCUT2D eigenvalue weighted by Gasteiger charge is 2.61. The zero-order valence-corrected chi connectivity index (χ0v) is 12.5. The van der Waals surface area contributed by atoms with E-state index in [0.29, 0.717) is 0 Å². The van der Waals surface area contributed by atoms with Crippen LogP contribution in [0.15, 0.2) is 18.2 Å². The lowest BCUT2D eigenvalue weighted by molar-refractivity contribution is -0.384. The molecule has 2 saturated carbocycles. The van der Waals surface area contributed by atoms with E-state index in [1.807, 2.05) is 0 Å². The van der Waals surface area contributed by atoms with Gasteiger partial charge in [-0.1, -0.05) is 0 Å². The second kappa shape index (κ2) is 4.86. The summed E-state index contributed by atoms with van der Waals surface area (Å²) in [7, 11) is 0. The number of anilines is 1. The van der Waals surface area contributed by atoms with Crippen LogP contribution in [-0.4, -0.2) is 22.7 Å². The lowest BCUT2D eigenvalue weighted by Crippen LogP contribution is -2.35. The number of nitro groups is 1. The van der Waals surface area contributed by atoms with Crippen molar-refractivity contribution < 1.29 is 24.4 Å². The smallest absolute Gasteiger partial charge is 0.271 e. The van der Waals surface area contributed by atoms with Gasteiger partial charge in [-0.3, -0.25) is 19.7 Å². The maximum absolute atomic E-state index is 12.8. The van der Waals surface area contributed by atoms with Crippen LogP contribution < -0.4 is 10.0 Å². The van der Waals surface area contributed by atoms with Crippen molar-refractivity contribution in [2.45, 2.75) is 19.3 Å². The molecule has 0 aromatic heterocycles. The first-order chi connectivity index (χ1) is 11.4. The number of imide groups is 1. The van der Waals surface area contributed by atoms with E-state index >= 15 is 0 Å². The molecule has 2 aliphatic carbocycles. The third-order valence-corrected chi connectivity index (χ3v) is 5.58. The van der Waals surface area contributed by atoms with Crippen LogP contribution in [0, 0.1) is 33.8 Å². The zero-order chi connectivity index (χ0) is 17.2.